The Morgan fingerprint density at radius 3 is 2.94 bits per heavy atom. The fraction of sp³-hybridized carbons (Fsp3) is 0.500. The lowest BCUT2D eigenvalue weighted by Gasteiger charge is -2.11. The van der Waals surface area contributed by atoms with Gasteiger partial charge in [0.15, 0.2) is 0 Å². The van der Waals surface area contributed by atoms with Crippen LogP contribution in [0.15, 0.2) is 12.3 Å². The maximum Gasteiger partial charge on any atom is 0.254 e. The number of amides is 1. The number of nitrogens with one attached hydrogen (secondary N) is 2. The van der Waals surface area contributed by atoms with Gasteiger partial charge in [-0.1, -0.05) is 0 Å². The first-order chi connectivity index (χ1) is 8.19. The number of carbonyl (C=O) groups excluding carboxylic acids is 1. The lowest BCUT2D eigenvalue weighted by molar-refractivity contribution is 0.0956. The van der Waals surface area contributed by atoms with Crippen LogP contribution in [-0.2, 0) is 0 Å². The van der Waals surface area contributed by atoms with Crippen LogP contribution in [-0.4, -0.2) is 36.0 Å². The molecule has 0 radical (unpaired) electrons. The number of rotatable bonds is 6. The SMILES string of the molecule is CCNc1cc(C)ncc1C(=O)NCCSC. The van der Waals surface area contributed by atoms with Crippen LogP contribution in [0.2, 0.25) is 0 Å². The van der Waals surface area contributed by atoms with Crippen molar-refractivity contribution in [2.24, 2.45) is 0 Å². The maximum atomic E-state index is 11.9. The number of aromatic nitrogens is 1. The van der Waals surface area contributed by atoms with Gasteiger partial charge in [0, 0.05) is 30.7 Å². The van der Waals surface area contributed by atoms with E-state index in [9.17, 15) is 4.79 Å². The normalized spacial score (nSPS) is 10.1. The third-order valence-corrected chi connectivity index (χ3v) is 2.86. The van der Waals surface area contributed by atoms with E-state index in [2.05, 4.69) is 15.6 Å². The summed E-state index contributed by atoms with van der Waals surface area (Å²) in [6, 6.07) is 1.90. The third kappa shape index (κ3) is 4.26. The van der Waals surface area contributed by atoms with Crippen LogP contribution in [0.1, 0.15) is 23.0 Å². The van der Waals surface area contributed by atoms with E-state index in [1.54, 1.807) is 18.0 Å². The highest BCUT2D eigenvalue weighted by molar-refractivity contribution is 7.98. The Bertz CT molecular complexity index is 382. The molecule has 0 aliphatic carbocycles. The van der Waals surface area contributed by atoms with Crippen molar-refractivity contribution in [3.63, 3.8) is 0 Å². The van der Waals surface area contributed by atoms with Gasteiger partial charge in [-0.05, 0) is 26.2 Å². The van der Waals surface area contributed by atoms with Gasteiger partial charge in [0.2, 0.25) is 0 Å². The molecule has 1 aromatic rings. The van der Waals surface area contributed by atoms with Gasteiger partial charge < -0.3 is 10.6 Å². The first-order valence-electron chi connectivity index (χ1n) is 5.66. The molecule has 1 amide bonds. The van der Waals surface area contributed by atoms with Crippen molar-refractivity contribution in [3.05, 3.63) is 23.5 Å². The van der Waals surface area contributed by atoms with E-state index in [4.69, 9.17) is 0 Å². The van der Waals surface area contributed by atoms with Gasteiger partial charge in [0.25, 0.3) is 5.91 Å². The minimum absolute atomic E-state index is 0.0671. The Hall–Kier alpha value is -1.23. The van der Waals surface area contributed by atoms with E-state index >= 15 is 0 Å². The lowest BCUT2D eigenvalue weighted by atomic mass is 10.2. The number of carbonyl (C=O) groups is 1. The first kappa shape index (κ1) is 13.8. The van der Waals surface area contributed by atoms with Gasteiger partial charge in [0.1, 0.15) is 0 Å². The molecular formula is C12H19N3OS. The fourth-order valence-corrected chi connectivity index (χ4v) is 1.75. The first-order valence-corrected chi connectivity index (χ1v) is 7.06. The maximum absolute atomic E-state index is 11.9. The topological polar surface area (TPSA) is 54.0 Å². The molecule has 4 nitrogen and oxygen atoms in total. The van der Waals surface area contributed by atoms with Crippen molar-refractivity contribution in [1.82, 2.24) is 10.3 Å². The highest BCUT2D eigenvalue weighted by atomic mass is 32.2. The molecule has 0 saturated carbocycles. The summed E-state index contributed by atoms with van der Waals surface area (Å²) in [6.07, 6.45) is 3.64. The molecule has 2 N–H and O–H groups in total. The molecule has 0 aliphatic heterocycles. The van der Waals surface area contributed by atoms with Gasteiger partial charge in [0.05, 0.1) is 11.3 Å². The van der Waals surface area contributed by atoms with Gasteiger partial charge in [-0.3, -0.25) is 9.78 Å². The van der Waals surface area contributed by atoms with E-state index < -0.39 is 0 Å². The molecule has 1 rings (SSSR count). The number of hydrogen-bond acceptors (Lipinski definition) is 4. The predicted molar refractivity (Wildman–Crippen MR) is 73.9 cm³/mol. The summed E-state index contributed by atoms with van der Waals surface area (Å²) in [5.74, 6) is 0.851. The Morgan fingerprint density at radius 1 is 1.53 bits per heavy atom. The highest BCUT2D eigenvalue weighted by Crippen LogP contribution is 2.15. The van der Waals surface area contributed by atoms with Crippen LogP contribution in [0.25, 0.3) is 0 Å². The van der Waals surface area contributed by atoms with Crippen molar-refractivity contribution >= 4 is 23.4 Å². The zero-order chi connectivity index (χ0) is 12.7. The number of hydrogen-bond donors (Lipinski definition) is 2. The largest absolute Gasteiger partial charge is 0.385 e. The summed E-state index contributed by atoms with van der Waals surface area (Å²) in [7, 11) is 0. The van der Waals surface area contributed by atoms with E-state index in [0.717, 1.165) is 23.7 Å². The Kier molecular flexibility index (Phi) is 5.83. The Labute approximate surface area is 107 Å². The van der Waals surface area contributed by atoms with Crippen LogP contribution >= 0.6 is 11.8 Å². The van der Waals surface area contributed by atoms with Gasteiger partial charge >= 0.3 is 0 Å². The van der Waals surface area contributed by atoms with E-state index in [1.165, 1.54) is 0 Å². The summed E-state index contributed by atoms with van der Waals surface area (Å²) in [5.41, 5.74) is 2.36. The number of thioether (sulfide) groups is 1. The summed E-state index contributed by atoms with van der Waals surface area (Å²) in [5, 5.41) is 6.06. The quantitative estimate of drug-likeness (QED) is 0.761. The van der Waals surface area contributed by atoms with Crippen LogP contribution in [0.5, 0.6) is 0 Å². The zero-order valence-electron chi connectivity index (χ0n) is 10.5. The van der Waals surface area contributed by atoms with Gasteiger partial charge in [-0.25, -0.2) is 0 Å². The Morgan fingerprint density at radius 2 is 2.29 bits per heavy atom. The molecule has 17 heavy (non-hydrogen) atoms. The van der Waals surface area contributed by atoms with Crippen molar-refractivity contribution in [2.75, 3.05) is 30.4 Å². The van der Waals surface area contributed by atoms with Crippen molar-refractivity contribution in [3.8, 4) is 0 Å². The van der Waals surface area contributed by atoms with E-state index in [-0.39, 0.29) is 5.91 Å². The molecule has 0 spiro atoms. The molecule has 1 heterocycles. The van der Waals surface area contributed by atoms with E-state index in [0.29, 0.717) is 12.1 Å². The second-order valence-electron chi connectivity index (χ2n) is 3.65. The van der Waals surface area contributed by atoms with Gasteiger partial charge in [-0.15, -0.1) is 0 Å². The number of aryl methyl sites for hydroxylation is 1. The van der Waals surface area contributed by atoms with Gasteiger partial charge in [-0.2, -0.15) is 11.8 Å². The molecular weight excluding hydrogens is 234 g/mol. The standard InChI is InChI=1S/C12H19N3OS/c1-4-13-11-7-9(2)15-8-10(11)12(16)14-5-6-17-3/h7-8H,4-6H2,1-3H3,(H,13,15)(H,14,16). The van der Waals surface area contributed by atoms with Crippen molar-refractivity contribution < 1.29 is 4.79 Å². The molecule has 0 saturated heterocycles. The monoisotopic (exact) mass is 253 g/mol. The highest BCUT2D eigenvalue weighted by Gasteiger charge is 2.11. The molecule has 5 heteroatoms. The molecule has 1 aromatic heterocycles. The van der Waals surface area contributed by atoms with E-state index in [1.807, 2.05) is 26.2 Å². The average Bonchev–Trinajstić information content (AvgIpc) is 2.30. The summed E-state index contributed by atoms with van der Waals surface area (Å²) in [4.78, 5) is 16.1. The summed E-state index contributed by atoms with van der Waals surface area (Å²) in [6.45, 7) is 5.38. The summed E-state index contributed by atoms with van der Waals surface area (Å²) < 4.78 is 0. The average molecular weight is 253 g/mol. The number of pyridine rings is 1. The van der Waals surface area contributed by atoms with Crippen LogP contribution in [0, 0.1) is 6.92 Å². The molecule has 0 atom stereocenters. The second kappa shape index (κ2) is 7.17. The molecule has 94 valence electrons. The molecule has 0 aromatic carbocycles. The van der Waals surface area contributed by atoms with Crippen molar-refractivity contribution in [2.45, 2.75) is 13.8 Å². The minimum atomic E-state index is -0.0671. The number of anilines is 1. The van der Waals surface area contributed by atoms with Crippen LogP contribution in [0.4, 0.5) is 5.69 Å². The lowest BCUT2D eigenvalue weighted by Crippen LogP contribution is -2.26. The van der Waals surface area contributed by atoms with Crippen LogP contribution in [0.3, 0.4) is 0 Å². The molecule has 0 aliphatic rings. The van der Waals surface area contributed by atoms with Crippen LogP contribution < -0.4 is 10.6 Å². The summed E-state index contributed by atoms with van der Waals surface area (Å²) >= 11 is 1.71. The smallest absolute Gasteiger partial charge is 0.254 e. The second-order valence-corrected chi connectivity index (χ2v) is 4.64. The molecule has 0 fully saturated rings. The zero-order valence-corrected chi connectivity index (χ0v) is 11.4. The minimum Gasteiger partial charge on any atom is -0.385 e. The fourth-order valence-electron chi connectivity index (χ4n) is 1.44. The predicted octanol–water partition coefficient (Wildman–Crippen LogP) is 1.91. The molecule has 0 bridgehead atoms. The molecule has 0 unspecified atom stereocenters. The van der Waals surface area contributed by atoms with Crippen molar-refractivity contribution in [1.29, 1.82) is 0 Å². The third-order valence-electron chi connectivity index (χ3n) is 2.24. The Balaban J connectivity index is 2.77. The number of nitrogens with zero attached hydrogens (tertiary/aromatic N) is 1.